The van der Waals surface area contributed by atoms with Gasteiger partial charge in [0.25, 0.3) is 0 Å². The highest BCUT2D eigenvalue weighted by Gasteiger charge is 2.14. The van der Waals surface area contributed by atoms with Crippen LogP contribution in [0.4, 0.5) is 0 Å². The molecule has 0 aromatic heterocycles. The normalized spacial score (nSPS) is 11.8. The molecule has 5 heteroatoms. The lowest BCUT2D eigenvalue weighted by molar-refractivity contribution is -0.131. The zero-order valence-electron chi connectivity index (χ0n) is 11.3. The van der Waals surface area contributed by atoms with Gasteiger partial charge < -0.3 is 20.1 Å². The van der Waals surface area contributed by atoms with Crippen molar-refractivity contribution in [3.8, 4) is 11.5 Å². The summed E-state index contributed by atoms with van der Waals surface area (Å²) >= 11 is 0. The first-order chi connectivity index (χ1) is 8.49. The molecule has 0 fully saturated rings. The van der Waals surface area contributed by atoms with Crippen LogP contribution in [0.3, 0.4) is 0 Å². The van der Waals surface area contributed by atoms with Crippen LogP contribution >= 0.6 is 0 Å². The van der Waals surface area contributed by atoms with Crippen molar-refractivity contribution >= 4 is 5.91 Å². The van der Waals surface area contributed by atoms with E-state index in [2.05, 4.69) is 0 Å². The van der Waals surface area contributed by atoms with Crippen molar-refractivity contribution in [2.24, 2.45) is 5.73 Å². The highest BCUT2D eigenvalue weighted by atomic mass is 16.5. The topological polar surface area (TPSA) is 64.8 Å². The number of ether oxygens (including phenoxy) is 2. The van der Waals surface area contributed by atoms with Crippen LogP contribution in [0.2, 0.25) is 0 Å². The Morgan fingerprint density at radius 2 is 1.94 bits per heavy atom. The van der Waals surface area contributed by atoms with E-state index in [0.717, 1.165) is 5.56 Å². The molecule has 0 saturated carbocycles. The third-order valence-corrected chi connectivity index (χ3v) is 2.63. The number of carbonyl (C=O) groups is 1. The second-order valence-corrected chi connectivity index (χ2v) is 4.17. The maximum atomic E-state index is 11.7. The van der Waals surface area contributed by atoms with E-state index in [9.17, 15) is 4.79 Å². The minimum absolute atomic E-state index is 0.0928. The molecule has 100 valence electrons. The summed E-state index contributed by atoms with van der Waals surface area (Å²) in [5.41, 5.74) is 6.52. The summed E-state index contributed by atoms with van der Waals surface area (Å²) in [6.07, 6.45) is 0. The fourth-order valence-electron chi connectivity index (χ4n) is 1.68. The summed E-state index contributed by atoms with van der Waals surface area (Å²) in [5.74, 6) is 1.23. The fraction of sp³-hybridized carbons (Fsp3) is 0.462. The number of methoxy groups -OCH3 is 2. The zero-order valence-corrected chi connectivity index (χ0v) is 11.3. The first-order valence-corrected chi connectivity index (χ1v) is 5.71. The number of hydrogen-bond acceptors (Lipinski definition) is 4. The molecule has 0 bridgehead atoms. The number of amides is 1. The van der Waals surface area contributed by atoms with Crippen LogP contribution in [0.15, 0.2) is 18.2 Å². The molecule has 0 saturated heterocycles. The van der Waals surface area contributed by atoms with E-state index >= 15 is 0 Å². The van der Waals surface area contributed by atoms with Crippen molar-refractivity contribution in [1.82, 2.24) is 4.90 Å². The molecule has 1 rings (SSSR count). The van der Waals surface area contributed by atoms with E-state index in [4.69, 9.17) is 15.2 Å². The summed E-state index contributed by atoms with van der Waals surface area (Å²) in [7, 11) is 4.89. The Labute approximate surface area is 107 Å². The van der Waals surface area contributed by atoms with Gasteiger partial charge in [-0.25, -0.2) is 0 Å². The molecule has 5 nitrogen and oxygen atoms in total. The molecule has 1 atom stereocenters. The minimum atomic E-state index is -0.491. The number of rotatable bonds is 5. The molecule has 0 aliphatic rings. The van der Waals surface area contributed by atoms with Crippen LogP contribution in [0.25, 0.3) is 0 Å². The average Bonchev–Trinajstić information content (AvgIpc) is 2.37. The largest absolute Gasteiger partial charge is 0.493 e. The number of benzene rings is 1. The van der Waals surface area contributed by atoms with Gasteiger partial charge in [-0.1, -0.05) is 6.07 Å². The van der Waals surface area contributed by atoms with Crippen LogP contribution < -0.4 is 15.2 Å². The maximum absolute atomic E-state index is 11.7. The van der Waals surface area contributed by atoms with Crippen LogP contribution in [0, 0.1) is 0 Å². The molecule has 2 N–H and O–H groups in total. The third-order valence-electron chi connectivity index (χ3n) is 2.63. The lowest BCUT2D eigenvalue weighted by atomic mass is 10.2. The molecular formula is C13H20N2O3. The molecule has 1 aromatic rings. The summed E-state index contributed by atoms with van der Waals surface area (Å²) in [5, 5.41) is 0. The molecule has 0 heterocycles. The molecule has 0 spiro atoms. The van der Waals surface area contributed by atoms with Gasteiger partial charge in [-0.15, -0.1) is 0 Å². The Kier molecular flexibility index (Phi) is 4.97. The summed E-state index contributed by atoms with van der Waals surface area (Å²) in [6, 6.07) is 5.07. The number of carbonyl (C=O) groups excluding carboxylic acids is 1. The quantitative estimate of drug-likeness (QED) is 0.849. The Balaban J connectivity index is 2.82. The number of hydrogen-bond donors (Lipinski definition) is 1. The van der Waals surface area contributed by atoms with Gasteiger partial charge in [0.2, 0.25) is 5.91 Å². The first kappa shape index (κ1) is 14.3. The first-order valence-electron chi connectivity index (χ1n) is 5.71. The van der Waals surface area contributed by atoms with Crippen molar-refractivity contribution in [1.29, 1.82) is 0 Å². The van der Waals surface area contributed by atoms with Crippen LogP contribution in [-0.2, 0) is 11.3 Å². The van der Waals surface area contributed by atoms with Gasteiger partial charge in [-0.05, 0) is 24.6 Å². The Hall–Kier alpha value is -1.75. The van der Waals surface area contributed by atoms with E-state index in [-0.39, 0.29) is 5.91 Å². The van der Waals surface area contributed by atoms with Gasteiger partial charge in [-0.3, -0.25) is 4.79 Å². The molecule has 1 amide bonds. The zero-order chi connectivity index (χ0) is 13.7. The predicted molar refractivity (Wildman–Crippen MR) is 69.7 cm³/mol. The molecular weight excluding hydrogens is 232 g/mol. The highest BCUT2D eigenvalue weighted by molar-refractivity contribution is 5.80. The average molecular weight is 252 g/mol. The SMILES string of the molecule is COc1ccc(CN(C)C(=O)C(C)N)cc1OC. The Bertz CT molecular complexity index is 419. The van der Waals surface area contributed by atoms with Crippen LogP contribution in [0.1, 0.15) is 12.5 Å². The van der Waals surface area contributed by atoms with E-state index < -0.39 is 6.04 Å². The second kappa shape index (κ2) is 6.26. The number of likely N-dealkylation sites (N-methyl/N-ethyl adjacent to an activating group) is 1. The maximum Gasteiger partial charge on any atom is 0.239 e. The molecule has 0 radical (unpaired) electrons. The molecule has 0 aliphatic heterocycles. The Morgan fingerprint density at radius 1 is 1.33 bits per heavy atom. The molecule has 18 heavy (non-hydrogen) atoms. The van der Waals surface area contributed by atoms with Gasteiger partial charge in [0.1, 0.15) is 0 Å². The van der Waals surface area contributed by atoms with E-state index in [1.807, 2.05) is 18.2 Å². The van der Waals surface area contributed by atoms with Crippen LogP contribution in [-0.4, -0.2) is 38.1 Å². The van der Waals surface area contributed by atoms with Gasteiger partial charge in [0.15, 0.2) is 11.5 Å². The van der Waals surface area contributed by atoms with Gasteiger partial charge in [0, 0.05) is 13.6 Å². The highest BCUT2D eigenvalue weighted by Crippen LogP contribution is 2.27. The van der Waals surface area contributed by atoms with Crippen molar-refractivity contribution in [3.63, 3.8) is 0 Å². The Morgan fingerprint density at radius 3 is 2.44 bits per heavy atom. The second-order valence-electron chi connectivity index (χ2n) is 4.17. The number of nitrogens with two attached hydrogens (primary N) is 1. The minimum Gasteiger partial charge on any atom is -0.493 e. The van der Waals surface area contributed by atoms with E-state index in [1.165, 1.54) is 0 Å². The van der Waals surface area contributed by atoms with Crippen molar-refractivity contribution in [2.45, 2.75) is 19.5 Å². The lowest BCUT2D eigenvalue weighted by Crippen LogP contribution is -2.39. The predicted octanol–water partition coefficient (Wildman–Crippen LogP) is 1.01. The lowest BCUT2D eigenvalue weighted by Gasteiger charge is -2.20. The van der Waals surface area contributed by atoms with Gasteiger partial charge >= 0.3 is 0 Å². The summed E-state index contributed by atoms with van der Waals surface area (Å²) in [6.45, 7) is 2.16. The smallest absolute Gasteiger partial charge is 0.239 e. The van der Waals surface area contributed by atoms with Gasteiger partial charge in [-0.2, -0.15) is 0 Å². The van der Waals surface area contributed by atoms with E-state index in [1.54, 1.807) is 33.1 Å². The summed E-state index contributed by atoms with van der Waals surface area (Å²) < 4.78 is 10.4. The van der Waals surface area contributed by atoms with Crippen LogP contribution in [0.5, 0.6) is 11.5 Å². The third kappa shape index (κ3) is 3.37. The fourth-order valence-corrected chi connectivity index (χ4v) is 1.68. The van der Waals surface area contributed by atoms with Crippen molar-refractivity contribution < 1.29 is 14.3 Å². The summed E-state index contributed by atoms with van der Waals surface area (Å²) in [4.78, 5) is 13.3. The monoisotopic (exact) mass is 252 g/mol. The molecule has 1 unspecified atom stereocenters. The standard InChI is InChI=1S/C13H20N2O3/c1-9(14)13(16)15(2)8-10-5-6-11(17-3)12(7-10)18-4/h5-7,9H,8,14H2,1-4H3. The molecule has 0 aliphatic carbocycles. The van der Waals surface area contributed by atoms with Crippen molar-refractivity contribution in [2.75, 3.05) is 21.3 Å². The van der Waals surface area contributed by atoms with Gasteiger partial charge in [0.05, 0.1) is 20.3 Å². The van der Waals surface area contributed by atoms with E-state index in [0.29, 0.717) is 18.0 Å². The molecule has 1 aromatic carbocycles. The number of nitrogens with zero attached hydrogens (tertiary/aromatic N) is 1. The van der Waals surface area contributed by atoms with Crippen molar-refractivity contribution in [3.05, 3.63) is 23.8 Å².